The van der Waals surface area contributed by atoms with Gasteiger partial charge in [0.05, 0.1) is 11.3 Å². The third-order valence-electron chi connectivity index (χ3n) is 4.50. The standard InChI is InChI=1S/C23H23ClN4O2/c1-4-28(23(30)27-20-10-5-6-13-25-20)22-18(21(29)15(2)3)11-12-19(26-22)16-8-7-9-17(24)14-16/h5-15H,4H2,1-3H3,(H,25,27,30). The molecule has 3 rings (SSSR count). The van der Waals surface area contributed by atoms with E-state index in [9.17, 15) is 9.59 Å². The van der Waals surface area contributed by atoms with Crippen molar-refractivity contribution < 1.29 is 9.59 Å². The van der Waals surface area contributed by atoms with Gasteiger partial charge < -0.3 is 0 Å². The molecule has 0 saturated heterocycles. The van der Waals surface area contributed by atoms with Gasteiger partial charge in [-0.1, -0.05) is 43.6 Å². The van der Waals surface area contributed by atoms with Crippen LogP contribution in [0.15, 0.2) is 60.8 Å². The number of ketones is 1. The summed E-state index contributed by atoms with van der Waals surface area (Å²) in [4.78, 5) is 36.1. The first kappa shape index (κ1) is 21.5. The number of halogens is 1. The second kappa shape index (κ2) is 9.50. The monoisotopic (exact) mass is 422 g/mol. The van der Waals surface area contributed by atoms with E-state index < -0.39 is 6.03 Å². The van der Waals surface area contributed by atoms with Gasteiger partial charge in [0.25, 0.3) is 0 Å². The van der Waals surface area contributed by atoms with Crippen molar-refractivity contribution in [2.24, 2.45) is 5.92 Å². The Morgan fingerprint density at radius 2 is 1.90 bits per heavy atom. The summed E-state index contributed by atoms with van der Waals surface area (Å²) in [7, 11) is 0. The Morgan fingerprint density at radius 1 is 1.10 bits per heavy atom. The van der Waals surface area contributed by atoms with E-state index in [1.807, 2.05) is 32.9 Å². The fraction of sp³-hybridized carbons (Fsp3) is 0.217. The number of anilines is 2. The van der Waals surface area contributed by atoms with Crippen molar-refractivity contribution in [3.05, 3.63) is 71.4 Å². The van der Waals surface area contributed by atoms with Gasteiger partial charge in [-0.2, -0.15) is 0 Å². The number of rotatable bonds is 6. The summed E-state index contributed by atoms with van der Waals surface area (Å²) in [6.45, 7) is 5.79. The number of carbonyl (C=O) groups is 2. The number of nitrogens with one attached hydrogen (secondary N) is 1. The third kappa shape index (κ3) is 4.83. The summed E-state index contributed by atoms with van der Waals surface area (Å²) in [5.74, 6) is 0.408. The molecular weight excluding hydrogens is 400 g/mol. The van der Waals surface area contributed by atoms with Gasteiger partial charge in [-0.15, -0.1) is 0 Å². The lowest BCUT2D eigenvalue weighted by atomic mass is 10.00. The number of nitrogens with zero attached hydrogens (tertiary/aromatic N) is 3. The maximum atomic E-state index is 13.0. The normalized spacial score (nSPS) is 10.7. The van der Waals surface area contributed by atoms with Crippen molar-refractivity contribution in [2.75, 3.05) is 16.8 Å². The molecule has 0 unspecified atom stereocenters. The lowest BCUT2D eigenvalue weighted by molar-refractivity contribution is 0.0939. The van der Waals surface area contributed by atoms with E-state index in [-0.39, 0.29) is 11.7 Å². The van der Waals surface area contributed by atoms with E-state index in [4.69, 9.17) is 11.6 Å². The van der Waals surface area contributed by atoms with Crippen molar-refractivity contribution in [2.45, 2.75) is 20.8 Å². The van der Waals surface area contributed by atoms with Gasteiger partial charge in [0.2, 0.25) is 0 Å². The van der Waals surface area contributed by atoms with Gasteiger partial charge in [-0.05, 0) is 43.3 Å². The van der Waals surface area contributed by atoms with Crippen LogP contribution in [0, 0.1) is 5.92 Å². The Labute approximate surface area is 180 Å². The van der Waals surface area contributed by atoms with Crippen LogP contribution in [0.3, 0.4) is 0 Å². The SMILES string of the molecule is CCN(C(=O)Nc1ccccn1)c1nc(-c2cccc(Cl)c2)ccc1C(=O)C(C)C. The number of benzene rings is 1. The zero-order valence-corrected chi connectivity index (χ0v) is 17.8. The van der Waals surface area contributed by atoms with Crippen molar-refractivity contribution in [1.82, 2.24) is 9.97 Å². The summed E-state index contributed by atoms with van der Waals surface area (Å²) in [5.41, 5.74) is 1.82. The summed E-state index contributed by atoms with van der Waals surface area (Å²) in [6.07, 6.45) is 1.59. The number of hydrogen-bond donors (Lipinski definition) is 1. The smallest absolute Gasteiger partial charge is 0.294 e. The highest BCUT2D eigenvalue weighted by atomic mass is 35.5. The molecule has 6 nitrogen and oxygen atoms in total. The van der Waals surface area contributed by atoms with Crippen LogP contribution >= 0.6 is 11.6 Å². The zero-order chi connectivity index (χ0) is 21.7. The molecule has 0 spiro atoms. The number of urea groups is 1. The minimum absolute atomic E-state index is 0.0840. The highest BCUT2D eigenvalue weighted by Crippen LogP contribution is 2.28. The number of hydrogen-bond acceptors (Lipinski definition) is 4. The minimum atomic E-state index is -0.412. The highest BCUT2D eigenvalue weighted by Gasteiger charge is 2.24. The Bertz CT molecular complexity index is 1050. The molecule has 0 aliphatic rings. The van der Waals surface area contributed by atoms with Gasteiger partial charge in [0.1, 0.15) is 11.6 Å². The van der Waals surface area contributed by atoms with Gasteiger partial charge in [0.15, 0.2) is 5.78 Å². The molecule has 0 saturated carbocycles. The van der Waals surface area contributed by atoms with Crippen molar-refractivity contribution in [3.63, 3.8) is 0 Å². The summed E-state index contributed by atoms with van der Waals surface area (Å²) < 4.78 is 0. The summed E-state index contributed by atoms with van der Waals surface area (Å²) in [5, 5.41) is 3.34. The third-order valence-corrected chi connectivity index (χ3v) is 4.74. The van der Waals surface area contributed by atoms with Gasteiger partial charge in [0, 0.05) is 29.2 Å². The molecule has 3 aromatic rings. The molecule has 7 heteroatoms. The topological polar surface area (TPSA) is 75.2 Å². The fourth-order valence-corrected chi connectivity index (χ4v) is 3.16. The molecule has 154 valence electrons. The predicted molar refractivity (Wildman–Crippen MR) is 120 cm³/mol. The lowest BCUT2D eigenvalue weighted by Gasteiger charge is -2.23. The number of amides is 2. The quantitative estimate of drug-likeness (QED) is 0.517. The molecule has 0 fully saturated rings. The number of aromatic nitrogens is 2. The Kier molecular flexibility index (Phi) is 6.79. The van der Waals surface area contributed by atoms with E-state index in [0.29, 0.717) is 34.5 Å². The van der Waals surface area contributed by atoms with Crippen LogP contribution < -0.4 is 10.2 Å². The van der Waals surface area contributed by atoms with E-state index in [2.05, 4.69) is 15.3 Å². The zero-order valence-electron chi connectivity index (χ0n) is 17.1. The van der Waals surface area contributed by atoms with Crippen LogP contribution in [0.1, 0.15) is 31.1 Å². The Hall–Kier alpha value is -3.25. The highest BCUT2D eigenvalue weighted by molar-refractivity contribution is 6.30. The minimum Gasteiger partial charge on any atom is -0.294 e. The van der Waals surface area contributed by atoms with Crippen LogP contribution in [-0.4, -0.2) is 28.3 Å². The number of Topliss-reactive ketones (excluding diaryl/α,β-unsaturated/α-hetero) is 1. The molecule has 0 radical (unpaired) electrons. The van der Waals surface area contributed by atoms with Gasteiger partial charge in [-0.25, -0.2) is 14.8 Å². The molecule has 0 aliphatic carbocycles. The van der Waals surface area contributed by atoms with Crippen LogP contribution in [-0.2, 0) is 0 Å². The van der Waals surface area contributed by atoms with Crippen LogP contribution in [0.2, 0.25) is 5.02 Å². The number of pyridine rings is 2. The first-order chi connectivity index (χ1) is 14.4. The molecule has 2 aromatic heterocycles. The Morgan fingerprint density at radius 3 is 2.53 bits per heavy atom. The van der Waals surface area contributed by atoms with Crippen molar-refractivity contribution in [1.29, 1.82) is 0 Å². The van der Waals surface area contributed by atoms with Crippen LogP contribution in [0.25, 0.3) is 11.3 Å². The van der Waals surface area contributed by atoms with E-state index in [1.54, 1.807) is 48.7 Å². The molecule has 0 atom stereocenters. The molecule has 30 heavy (non-hydrogen) atoms. The second-order valence-electron chi connectivity index (χ2n) is 6.99. The predicted octanol–water partition coefficient (Wildman–Crippen LogP) is 5.69. The Balaban J connectivity index is 2.06. The van der Waals surface area contributed by atoms with Gasteiger partial charge >= 0.3 is 6.03 Å². The average molecular weight is 423 g/mol. The molecule has 1 aromatic carbocycles. The summed E-state index contributed by atoms with van der Waals surface area (Å²) in [6, 6.07) is 15.6. The molecule has 2 heterocycles. The van der Waals surface area contributed by atoms with E-state index in [1.165, 1.54) is 4.90 Å². The van der Waals surface area contributed by atoms with Crippen LogP contribution in [0.5, 0.6) is 0 Å². The van der Waals surface area contributed by atoms with Crippen molar-refractivity contribution >= 4 is 35.1 Å². The lowest BCUT2D eigenvalue weighted by Crippen LogP contribution is -2.37. The maximum absolute atomic E-state index is 13.0. The average Bonchev–Trinajstić information content (AvgIpc) is 2.74. The maximum Gasteiger partial charge on any atom is 0.328 e. The van der Waals surface area contributed by atoms with E-state index >= 15 is 0 Å². The van der Waals surface area contributed by atoms with E-state index in [0.717, 1.165) is 5.56 Å². The number of carbonyl (C=O) groups excluding carboxylic acids is 2. The first-order valence-electron chi connectivity index (χ1n) is 9.71. The molecule has 2 amide bonds. The first-order valence-corrected chi connectivity index (χ1v) is 10.1. The van der Waals surface area contributed by atoms with Crippen molar-refractivity contribution in [3.8, 4) is 11.3 Å². The fourth-order valence-electron chi connectivity index (χ4n) is 2.97. The van der Waals surface area contributed by atoms with Crippen LogP contribution in [0.4, 0.5) is 16.4 Å². The molecule has 0 bridgehead atoms. The summed E-state index contributed by atoms with van der Waals surface area (Å²) >= 11 is 6.13. The molecular formula is C23H23ClN4O2. The molecule has 0 aliphatic heterocycles. The second-order valence-corrected chi connectivity index (χ2v) is 7.42. The molecule has 1 N–H and O–H groups in total. The largest absolute Gasteiger partial charge is 0.328 e. The van der Waals surface area contributed by atoms with Gasteiger partial charge in [-0.3, -0.25) is 15.0 Å².